The van der Waals surface area contributed by atoms with E-state index >= 15 is 0 Å². The molecule has 4 aromatic carbocycles. The average Bonchev–Trinajstić information content (AvgIpc) is 0.788. The maximum Gasteiger partial charge on any atom is 4.00 e. The molecule has 567 valence electrons. The number of guanidine groups is 1. The molecule has 0 spiro atoms. The molecule has 40 nitrogen and oxygen atoms in total. The number of carbonyl (C=O) groups excluding carboxylic acids is 5. The minimum absolute atomic E-state index is 0. The molecule has 0 fully saturated rings. The van der Waals surface area contributed by atoms with E-state index in [1.54, 1.807) is 48.5 Å². The van der Waals surface area contributed by atoms with Gasteiger partial charge in [-0.1, -0.05) is 77.9 Å². The number of aliphatic hydroxyl groups is 4. The van der Waals surface area contributed by atoms with Gasteiger partial charge in [0, 0.05) is 19.3 Å². The third-order valence-electron chi connectivity index (χ3n) is 14.0. The monoisotopic (exact) mass is 1650 g/mol. The van der Waals surface area contributed by atoms with Crippen molar-refractivity contribution in [3.63, 3.8) is 0 Å². The molecule has 0 saturated heterocycles. The Morgan fingerprint density at radius 3 is 1.50 bits per heavy atom. The van der Waals surface area contributed by atoms with Crippen molar-refractivity contribution in [3.8, 4) is 0 Å². The van der Waals surface area contributed by atoms with Gasteiger partial charge in [0.15, 0.2) is 11.8 Å². The maximum absolute atomic E-state index is 13.2. The average molecular weight is 1650 g/mol. The van der Waals surface area contributed by atoms with Crippen LogP contribution in [0, 0.1) is 5.92 Å². The SMILES string of the molecule is NC(C(=O)O)C(CO)C(NCO)(NCO)NCO.NC(N)=NCCC[C@H](NC(=O)CNC(=O)[C@H](CC(=O)O)NC(=O)[C@H](N)Cc1ccccc1)C(=O)N[C@@H](CCCCNC(=O)/N=N/c1ccccn1)C(=O)O.O=S(=O)(O)c1cccc(P(c2cccc(S(=O)(=O)O)c2)c2cccc(S(=O)(=O)O)c2)c1.[99Tc+4].[Na+]. The molecule has 46 heteroatoms. The number of hydrogen-bond acceptors (Lipinski definition) is 26. The molecule has 26 N–H and O–H groups in total. The van der Waals surface area contributed by atoms with Crippen LogP contribution in [0.25, 0.3) is 0 Å². The van der Waals surface area contributed by atoms with Gasteiger partial charge in [-0.25, -0.2) is 14.6 Å². The van der Waals surface area contributed by atoms with Crippen LogP contribution in [0.3, 0.4) is 0 Å². The summed E-state index contributed by atoms with van der Waals surface area (Å²) in [6, 6.07) is 21.9. The fraction of sp³-hybridized carbons (Fsp3) is 0.356. The van der Waals surface area contributed by atoms with Crippen LogP contribution < -0.4 is 111 Å². The molecule has 6 atom stereocenters. The summed E-state index contributed by atoms with van der Waals surface area (Å²) < 4.78 is 97.7. The van der Waals surface area contributed by atoms with Crippen molar-refractivity contribution in [2.45, 2.75) is 95.6 Å². The van der Waals surface area contributed by atoms with Crippen LogP contribution >= 0.6 is 7.92 Å². The molecule has 1 radical (unpaired) electrons. The number of nitrogens with two attached hydrogens (primary N) is 4. The van der Waals surface area contributed by atoms with Gasteiger partial charge in [0.1, 0.15) is 30.0 Å². The summed E-state index contributed by atoms with van der Waals surface area (Å²) in [7, 11) is -15.4. The number of pyridine rings is 1. The van der Waals surface area contributed by atoms with Crippen molar-refractivity contribution in [1.29, 1.82) is 0 Å². The van der Waals surface area contributed by atoms with E-state index in [0.717, 1.165) is 23.8 Å². The fourth-order valence-corrected chi connectivity index (χ4v) is 13.4. The number of carbonyl (C=O) groups is 8. The third kappa shape index (κ3) is 34.5. The zero-order valence-electron chi connectivity index (χ0n) is 55.8. The fourth-order valence-electron chi connectivity index (χ4n) is 9.12. The van der Waals surface area contributed by atoms with E-state index in [1.807, 2.05) is 0 Å². The van der Waals surface area contributed by atoms with Crippen LogP contribution in [0.4, 0.5) is 10.6 Å². The van der Waals surface area contributed by atoms with Crippen molar-refractivity contribution in [2.24, 2.45) is 44.1 Å². The number of urea groups is 1. The normalized spacial score (nSPS) is 13.1. The molecular formula is C59H81N16NaO24PS3Tc+5. The van der Waals surface area contributed by atoms with E-state index in [-0.39, 0.29) is 107 Å². The van der Waals surface area contributed by atoms with E-state index in [0.29, 0.717) is 22.3 Å². The Labute approximate surface area is 638 Å². The first-order chi connectivity index (χ1) is 48.5. The first-order valence-corrected chi connectivity index (χ1v) is 35.9. The van der Waals surface area contributed by atoms with Gasteiger partial charge in [-0.15, -0.1) is 5.11 Å². The molecule has 1 aromatic heterocycles. The number of unbranched alkanes of at least 4 members (excludes halogenated alkanes) is 1. The summed E-state index contributed by atoms with van der Waals surface area (Å²) in [6.07, 6.45) is 1.53. The van der Waals surface area contributed by atoms with Crippen LogP contribution in [0.2, 0.25) is 0 Å². The number of aliphatic imine (C=N–C) groups is 1. The molecule has 1 heterocycles. The van der Waals surface area contributed by atoms with E-state index in [2.05, 4.69) is 62.7 Å². The number of aliphatic hydroxyl groups excluding tert-OH is 4. The van der Waals surface area contributed by atoms with Crippen LogP contribution in [-0.2, 0) is 90.4 Å². The molecule has 6 amide bonds. The zero-order chi connectivity index (χ0) is 77.1. The van der Waals surface area contributed by atoms with E-state index in [4.69, 9.17) is 43.4 Å². The number of carboxylic acid groups (broad SMARTS) is 3. The summed E-state index contributed by atoms with van der Waals surface area (Å²) in [5, 5.41) is 91.0. The summed E-state index contributed by atoms with van der Waals surface area (Å²) in [5.41, 5.74) is 22.8. The number of rotatable bonds is 39. The minimum Gasteiger partial charge on any atom is -0.481 e. The number of nitrogens with one attached hydrogen (secondary N) is 8. The first-order valence-electron chi connectivity index (χ1n) is 30.3. The molecule has 105 heavy (non-hydrogen) atoms. The number of hydrogen-bond donors (Lipinski definition) is 22. The van der Waals surface area contributed by atoms with Crippen LogP contribution in [0.15, 0.2) is 157 Å². The largest absolute Gasteiger partial charge is 4.00 e. The number of nitrogens with zero attached hydrogens (tertiary/aromatic N) is 4. The van der Waals surface area contributed by atoms with Gasteiger partial charge in [0.2, 0.25) is 23.6 Å². The van der Waals surface area contributed by atoms with Crippen molar-refractivity contribution in [3.05, 3.63) is 133 Å². The van der Waals surface area contributed by atoms with Gasteiger partial charge in [0.05, 0.1) is 66.4 Å². The van der Waals surface area contributed by atoms with Crippen LogP contribution in [0.1, 0.15) is 44.1 Å². The number of aromatic nitrogens is 1. The van der Waals surface area contributed by atoms with Gasteiger partial charge in [-0.05, 0) is 116 Å². The number of amides is 6. The Balaban J connectivity index is 0.000000903. The van der Waals surface area contributed by atoms with Crippen molar-refractivity contribution >= 4 is 114 Å². The number of aliphatic carboxylic acids is 3. The van der Waals surface area contributed by atoms with E-state index in [1.165, 1.54) is 60.8 Å². The molecule has 0 saturated carbocycles. The Morgan fingerprint density at radius 1 is 0.571 bits per heavy atom. The standard InChI is InChI=1S/C33H46N12O9.C18H15O9PS3.C8H20N4O6.Na.Tc/c34-21(17-20-9-2-1-3-10-20)28(49)43-24(18-27(47)48)29(50)40-19-26(46)41-22(12-8-16-38-32(35)36)30(51)42-23(31(52)53)11-4-6-15-39-33(54)45-44-25-13-5-7-14-37-25;19-29(20,21)16-7-1-4-13(10-16)28(14-5-2-8-17(11-14)30(22,23)24)15-6-3-9-18(12-15)31(25,26)27;9-6(7(17)18)5(1-13)8(10-2-14,11-3-15)12-4-16;;/h1-3,5,7,9-10,13-14,21-24H,4,6,8,11-12,15-19,34H2,(H,39,54)(H,40,50)(H,41,46)(H,42,51)(H,43,49)(H,47,48)(H,52,53)(H4,35,36,38);1-12H,(H,19,20,21)(H,22,23,24)(H,25,26,27);5-6,10-16H,1-4,9H2,(H,17,18);;/q;;;+1;+4/b45-44+;;;;/t21-,22+,23+,24+;;;;/m1..../s1/i;;;;1+1. The van der Waals surface area contributed by atoms with Gasteiger partial charge in [0.25, 0.3) is 30.4 Å². The molecule has 0 aliphatic rings. The minimum atomic E-state index is -4.55. The van der Waals surface area contributed by atoms with Gasteiger partial charge >= 0.3 is 73.6 Å². The van der Waals surface area contributed by atoms with Gasteiger partial charge in [-0.3, -0.25) is 63.4 Å². The Morgan fingerprint density at radius 2 is 1.07 bits per heavy atom. The van der Waals surface area contributed by atoms with E-state index < -0.39 is 182 Å². The van der Waals surface area contributed by atoms with Crippen LogP contribution in [-0.4, -0.2) is 216 Å². The Bertz CT molecular complexity index is 3880. The second kappa shape index (κ2) is 47.6. The van der Waals surface area contributed by atoms with Crippen molar-refractivity contribution < 1.29 is 163 Å². The van der Waals surface area contributed by atoms with Crippen molar-refractivity contribution in [2.75, 3.05) is 46.4 Å². The van der Waals surface area contributed by atoms with Gasteiger partial charge in [-0.2, -0.15) is 25.3 Å². The summed E-state index contributed by atoms with van der Waals surface area (Å²) in [6.45, 7) is -2.99. The smallest absolute Gasteiger partial charge is 0.481 e. The number of carboxylic acids is 3. The number of azo groups is 1. The van der Waals surface area contributed by atoms with Crippen molar-refractivity contribution in [1.82, 2.24) is 47.5 Å². The molecule has 5 aromatic rings. The molecule has 2 unspecified atom stereocenters. The topological polar surface area (TPSA) is 692 Å². The maximum atomic E-state index is 13.2. The van der Waals surface area contributed by atoms with Gasteiger partial charge < -0.3 is 85.3 Å². The van der Waals surface area contributed by atoms with E-state index in [9.17, 15) is 92.6 Å². The first kappa shape index (κ1) is 95.1. The summed E-state index contributed by atoms with van der Waals surface area (Å²) in [4.78, 5) is 104. The number of benzene rings is 4. The third-order valence-corrected chi connectivity index (χ3v) is 19.0. The van der Waals surface area contributed by atoms with Crippen LogP contribution in [0.5, 0.6) is 0 Å². The molecule has 0 bridgehead atoms. The Kier molecular flexibility index (Phi) is 43.1. The molecular weight excluding hydrogens is 1570 g/mol. The predicted octanol–water partition coefficient (Wildman–Crippen LogP) is -7.74. The molecule has 5 rings (SSSR count). The predicted molar refractivity (Wildman–Crippen MR) is 367 cm³/mol. The second-order valence-electron chi connectivity index (χ2n) is 21.5. The molecule has 0 aliphatic heterocycles. The second-order valence-corrected chi connectivity index (χ2v) is 28.0. The Hall–Kier alpha value is -7.89. The molecule has 0 aliphatic carbocycles. The zero-order valence-corrected chi connectivity index (χ0v) is 63.0. The summed E-state index contributed by atoms with van der Waals surface area (Å²) >= 11 is 0. The summed E-state index contributed by atoms with van der Waals surface area (Å²) in [5.74, 6) is -10.4. The quantitative estimate of drug-likeness (QED) is 0.00254.